The average Bonchev–Trinajstić information content (AvgIpc) is 2.90. The summed E-state index contributed by atoms with van der Waals surface area (Å²) in [6.07, 6.45) is 1.62. The van der Waals surface area contributed by atoms with Crippen LogP contribution in [0.3, 0.4) is 0 Å². The van der Waals surface area contributed by atoms with Gasteiger partial charge in [0, 0.05) is 10.7 Å². The fourth-order valence-electron chi connectivity index (χ4n) is 1.80. The summed E-state index contributed by atoms with van der Waals surface area (Å²) in [5.74, 6) is 0.747. The van der Waals surface area contributed by atoms with Crippen molar-refractivity contribution < 1.29 is 9.21 Å². The third-order valence-electron chi connectivity index (χ3n) is 3.12. The van der Waals surface area contributed by atoms with Gasteiger partial charge in [0.05, 0.1) is 18.8 Å². The minimum absolute atomic E-state index is 0.0821. The van der Waals surface area contributed by atoms with Gasteiger partial charge in [0.1, 0.15) is 5.76 Å². The smallest absolute Gasteiger partial charge is 0.241 e. The number of hydrogen-bond acceptors (Lipinski definition) is 3. The zero-order valence-corrected chi connectivity index (χ0v) is 12.2. The van der Waals surface area contributed by atoms with Crippen LogP contribution in [0.1, 0.15) is 12.7 Å². The standard InChI is InChI=1S/C15H17ClN2O2/c1-11(18(2)10-14-7-4-8-20-14)15(19)17-13-6-3-5-12(16)9-13/h3-9,11H,10H2,1-2H3,(H,17,19)/t11-/m1/s1. The van der Waals surface area contributed by atoms with E-state index in [1.807, 2.05) is 37.1 Å². The Morgan fingerprint density at radius 2 is 2.20 bits per heavy atom. The molecular formula is C15H17ClN2O2. The summed E-state index contributed by atoms with van der Waals surface area (Å²) in [7, 11) is 1.88. The van der Waals surface area contributed by atoms with E-state index in [2.05, 4.69) is 5.32 Å². The maximum absolute atomic E-state index is 12.2. The van der Waals surface area contributed by atoms with E-state index in [1.54, 1.807) is 24.5 Å². The Morgan fingerprint density at radius 3 is 2.85 bits per heavy atom. The molecule has 0 aliphatic heterocycles. The highest BCUT2D eigenvalue weighted by atomic mass is 35.5. The van der Waals surface area contributed by atoms with E-state index >= 15 is 0 Å². The Hall–Kier alpha value is -1.78. The van der Waals surface area contributed by atoms with Crippen LogP contribution in [0.15, 0.2) is 47.1 Å². The number of anilines is 1. The number of carbonyl (C=O) groups is 1. The van der Waals surface area contributed by atoms with E-state index in [0.29, 0.717) is 17.3 Å². The van der Waals surface area contributed by atoms with E-state index in [-0.39, 0.29) is 11.9 Å². The predicted molar refractivity (Wildman–Crippen MR) is 79.7 cm³/mol. The number of furan rings is 1. The van der Waals surface area contributed by atoms with Crippen molar-refractivity contribution in [2.45, 2.75) is 19.5 Å². The second-order valence-corrected chi connectivity index (χ2v) is 5.11. The summed E-state index contributed by atoms with van der Waals surface area (Å²) >= 11 is 5.89. The minimum Gasteiger partial charge on any atom is -0.468 e. The first-order valence-electron chi connectivity index (χ1n) is 6.35. The lowest BCUT2D eigenvalue weighted by Crippen LogP contribution is -2.39. The van der Waals surface area contributed by atoms with Crippen molar-refractivity contribution in [2.24, 2.45) is 0 Å². The van der Waals surface area contributed by atoms with E-state index in [4.69, 9.17) is 16.0 Å². The molecule has 1 N–H and O–H groups in total. The Morgan fingerprint density at radius 1 is 1.40 bits per heavy atom. The quantitative estimate of drug-likeness (QED) is 0.919. The van der Waals surface area contributed by atoms with Crippen molar-refractivity contribution in [3.63, 3.8) is 0 Å². The molecule has 1 aromatic heterocycles. The largest absolute Gasteiger partial charge is 0.468 e. The van der Waals surface area contributed by atoms with Crippen LogP contribution in [-0.2, 0) is 11.3 Å². The van der Waals surface area contributed by atoms with E-state index in [9.17, 15) is 4.79 Å². The first kappa shape index (κ1) is 14.6. The fraction of sp³-hybridized carbons (Fsp3) is 0.267. The van der Waals surface area contributed by atoms with Gasteiger partial charge in [-0.3, -0.25) is 9.69 Å². The predicted octanol–water partition coefficient (Wildman–Crippen LogP) is 3.39. The van der Waals surface area contributed by atoms with Crippen molar-refractivity contribution in [3.05, 3.63) is 53.4 Å². The van der Waals surface area contributed by atoms with Crippen molar-refractivity contribution in [1.82, 2.24) is 4.90 Å². The summed E-state index contributed by atoms with van der Waals surface area (Å²) in [6, 6.07) is 10.5. The van der Waals surface area contributed by atoms with Crippen molar-refractivity contribution in [3.8, 4) is 0 Å². The highest BCUT2D eigenvalue weighted by Crippen LogP contribution is 2.16. The van der Waals surface area contributed by atoms with Gasteiger partial charge in [0.15, 0.2) is 0 Å². The number of amides is 1. The first-order valence-corrected chi connectivity index (χ1v) is 6.73. The Balaban J connectivity index is 1.94. The van der Waals surface area contributed by atoms with Gasteiger partial charge in [-0.15, -0.1) is 0 Å². The van der Waals surface area contributed by atoms with Crippen LogP contribution >= 0.6 is 11.6 Å². The topological polar surface area (TPSA) is 45.5 Å². The third kappa shape index (κ3) is 3.85. The molecule has 106 valence electrons. The molecule has 0 saturated carbocycles. The average molecular weight is 293 g/mol. The molecule has 0 bridgehead atoms. The zero-order chi connectivity index (χ0) is 14.5. The molecule has 20 heavy (non-hydrogen) atoms. The molecular weight excluding hydrogens is 276 g/mol. The molecule has 1 heterocycles. The van der Waals surface area contributed by atoms with Gasteiger partial charge in [-0.1, -0.05) is 17.7 Å². The second-order valence-electron chi connectivity index (χ2n) is 4.67. The minimum atomic E-state index is -0.279. The van der Waals surface area contributed by atoms with E-state index in [0.717, 1.165) is 5.76 Å². The van der Waals surface area contributed by atoms with Crippen molar-refractivity contribution >= 4 is 23.2 Å². The number of hydrogen-bond donors (Lipinski definition) is 1. The van der Waals surface area contributed by atoms with Crippen LogP contribution in [-0.4, -0.2) is 23.9 Å². The molecule has 0 spiro atoms. The Kier molecular flexibility index (Phi) is 4.82. The first-order chi connectivity index (χ1) is 9.56. The molecule has 5 heteroatoms. The molecule has 0 aliphatic rings. The van der Waals surface area contributed by atoms with E-state index in [1.165, 1.54) is 0 Å². The molecule has 2 rings (SSSR count). The molecule has 0 radical (unpaired) electrons. The number of rotatable bonds is 5. The lowest BCUT2D eigenvalue weighted by Gasteiger charge is -2.22. The van der Waals surface area contributed by atoms with Gasteiger partial charge >= 0.3 is 0 Å². The fourth-order valence-corrected chi connectivity index (χ4v) is 1.99. The maximum Gasteiger partial charge on any atom is 0.241 e. The van der Waals surface area contributed by atoms with Crippen LogP contribution < -0.4 is 5.32 Å². The normalized spacial score (nSPS) is 12.4. The number of nitrogens with one attached hydrogen (secondary N) is 1. The van der Waals surface area contributed by atoms with Gasteiger partial charge in [-0.25, -0.2) is 0 Å². The Labute approximate surface area is 123 Å². The summed E-state index contributed by atoms with van der Waals surface area (Å²) in [4.78, 5) is 14.1. The number of carbonyl (C=O) groups excluding carboxylic acids is 1. The molecule has 1 atom stereocenters. The maximum atomic E-state index is 12.2. The Bertz CT molecular complexity index is 569. The molecule has 1 aromatic carbocycles. The molecule has 4 nitrogen and oxygen atoms in total. The summed E-state index contributed by atoms with van der Waals surface area (Å²) < 4.78 is 5.28. The lowest BCUT2D eigenvalue weighted by molar-refractivity contribution is -0.120. The van der Waals surface area contributed by atoms with Crippen molar-refractivity contribution in [1.29, 1.82) is 0 Å². The summed E-state index contributed by atoms with van der Waals surface area (Å²) in [5.41, 5.74) is 0.695. The number of benzene rings is 1. The van der Waals surface area contributed by atoms with Crippen molar-refractivity contribution in [2.75, 3.05) is 12.4 Å². The van der Waals surface area contributed by atoms with Crippen LogP contribution in [0.5, 0.6) is 0 Å². The van der Waals surface area contributed by atoms with Crippen LogP contribution in [0.2, 0.25) is 5.02 Å². The lowest BCUT2D eigenvalue weighted by atomic mass is 10.2. The third-order valence-corrected chi connectivity index (χ3v) is 3.35. The van der Waals surface area contributed by atoms with Gasteiger partial charge in [-0.2, -0.15) is 0 Å². The van der Waals surface area contributed by atoms with Crippen LogP contribution in [0.25, 0.3) is 0 Å². The molecule has 0 unspecified atom stereocenters. The van der Waals surface area contributed by atoms with Gasteiger partial charge in [-0.05, 0) is 44.3 Å². The second kappa shape index (κ2) is 6.59. The molecule has 0 saturated heterocycles. The SMILES string of the molecule is C[C@H](C(=O)Nc1cccc(Cl)c1)N(C)Cc1ccco1. The van der Waals surface area contributed by atoms with Crippen LogP contribution in [0.4, 0.5) is 5.69 Å². The highest BCUT2D eigenvalue weighted by molar-refractivity contribution is 6.30. The zero-order valence-electron chi connectivity index (χ0n) is 11.5. The monoisotopic (exact) mass is 292 g/mol. The molecule has 0 aliphatic carbocycles. The molecule has 0 fully saturated rings. The van der Waals surface area contributed by atoms with Crippen LogP contribution in [0, 0.1) is 0 Å². The van der Waals surface area contributed by atoms with E-state index < -0.39 is 0 Å². The summed E-state index contributed by atoms with van der Waals surface area (Å²) in [6.45, 7) is 2.43. The number of likely N-dealkylation sites (N-methyl/N-ethyl adjacent to an activating group) is 1. The van der Waals surface area contributed by atoms with Gasteiger partial charge in [0.25, 0.3) is 0 Å². The number of nitrogens with zero attached hydrogens (tertiary/aromatic N) is 1. The summed E-state index contributed by atoms with van der Waals surface area (Å²) in [5, 5.41) is 3.44. The highest BCUT2D eigenvalue weighted by Gasteiger charge is 2.19. The number of halogens is 1. The molecule has 2 aromatic rings. The van der Waals surface area contributed by atoms with Gasteiger partial charge in [0.2, 0.25) is 5.91 Å². The van der Waals surface area contributed by atoms with Gasteiger partial charge < -0.3 is 9.73 Å². The molecule has 1 amide bonds.